The zero-order valence-corrected chi connectivity index (χ0v) is 13.2. The van der Waals surface area contributed by atoms with Crippen LogP contribution in [0.1, 0.15) is 19.4 Å². The molecule has 1 nitrogen and oxygen atoms in total. The Bertz CT molecular complexity index is 615. The lowest BCUT2D eigenvalue weighted by Crippen LogP contribution is -2.10. The fraction of sp³-hybridized carbons (Fsp3) is 0.222. The molecule has 0 radical (unpaired) electrons. The van der Waals surface area contributed by atoms with E-state index in [4.69, 9.17) is 0 Å². The monoisotopic (exact) mass is 328 g/mol. The number of rotatable bonds is 2. The van der Waals surface area contributed by atoms with E-state index >= 15 is 0 Å². The van der Waals surface area contributed by atoms with Crippen molar-refractivity contribution in [1.29, 1.82) is 0 Å². The Balaban J connectivity index is 2.16. The second-order valence-corrected chi connectivity index (χ2v) is 5.80. The van der Waals surface area contributed by atoms with Crippen molar-refractivity contribution in [3.05, 3.63) is 58.6 Å². The standard InChI is InChI=1S/C18H17BrO/c1-13(14(2)20)3-4-15-5-7-16(8-6-15)17-9-11-18(19)12-10-17/h5-14,20H,1-2H3. The first-order valence-electron chi connectivity index (χ1n) is 6.62. The van der Waals surface area contributed by atoms with Crippen LogP contribution in [0.15, 0.2) is 53.0 Å². The van der Waals surface area contributed by atoms with E-state index in [9.17, 15) is 5.11 Å². The molecule has 20 heavy (non-hydrogen) atoms. The first-order chi connectivity index (χ1) is 9.56. The van der Waals surface area contributed by atoms with Gasteiger partial charge in [0, 0.05) is 16.0 Å². The Morgan fingerprint density at radius 2 is 1.40 bits per heavy atom. The lowest BCUT2D eigenvalue weighted by molar-refractivity contribution is 0.161. The fourth-order valence-electron chi connectivity index (χ4n) is 1.71. The van der Waals surface area contributed by atoms with Crippen LogP contribution in [0.5, 0.6) is 0 Å². The van der Waals surface area contributed by atoms with Gasteiger partial charge in [-0.3, -0.25) is 0 Å². The molecule has 0 aliphatic heterocycles. The lowest BCUT2D eigenvalue weighted by Gasteiger charge is -2.05. The van der Waals surface area contributed by atoms with Gasteiger partial charge in [0.2, 0.25) is 0 Å². The van der Waals surface area contributed by atoms with Gasteiger partial charge in [-0.1, -0.05) is 52.0 Å². The Morgan fingerprint density at radius 3 is 1.90 bits per heavy atom. The maximum absolute atomic E-state index is 9.41. The van der Waals surface area contributed by atoms with E-state index in [1.807, 2.05) is 31.2 Å². The first-order valence-corrected chi connectivity index (χ1v) is 7.41. The molecule has 0 saturated carbocycles. The molecule has 2 rings (SSSR count). The maximum atomic E-state index is 9.41. The summed E-state index contributed by atoms with van der Waals surface area (Å²) >= 11 is 3.44. The number of aliphatic hydroxyl groups excluding tert-OH is 1. The zero-order chi connectivity index (χ0) is 14.5. The highest BCUT2D eigenvalue weighted by Gasteiger charge is 2.03. The fourth-order valence-corrected chi connectivity index (χ4v) is 1.97. The van der Waals surface area contributed by atoms with Gasteiger partial charge in [0.15, 0.2) is 0 Å². The highest BCUT2D eigenvalue weighted by atomic mass is 79.9. The van der Waals surface area contributed by atoms with Gasteiger partial charge in [0.25, 0.3) is 0 Å². The van der Waals surface area contributed by atoms with Crippen molar-refractivity contribution >= 4 is 15.9 Å². The predicted octanol–water partition coefficient (Wildman–Crippen LogP) is 4.48. The van der Waals surface area contributed by atoms with Gasteiger partial charge in [0.1, 0.15) is 0 Å². The van der Waals surface area contributed by atoms with Crippen molar-refractivity contribution in [2.24, 2.45) is 5.92 Å². The van der Waals surface area contributed by atoms with Gasteiger partial charge in [-0.15, -0.1) is 0 Å². The molecule has 0 aromatic heterocycles. The molecular formula is C18H17BrO. The Morgan fingerprint density at radius 1 is 0.900 bits per heavy atom. The Hall–Kier alpha value is -1.56. The largest absolute Gasteiger partial charge is 0.392 e. The number of hydrogen-bond acceptors (Lipinski definition) is 1. The zero-order valence-electron chi connectivity index (χ0n) is 11.6. The molecular weight excluding hydrogens is 312 g/mol. The third-order valence-electron chi connectivity index (χ3n) is 3.23. The smallest absolute Gasteiger partial charge is 0.0646 e. The molecule has 0 saturated heterocycles. The van der Waals surface area contributed by atoms with Crippen LogP contribution in [-0.4, -0.2) is 11.2 Å². The van der Waals surface area contributed by atoms with Gasteiger partial charge in [-0.2, -0.15) is 0 Å². The van der Waals surface area contributed by atoms with Gasteiger partial charge >= 0.3 is 0 Å². The summed E-state index contributed by atoms with van der Waals surface area (Å²) in [7, 11) is 0. The molecule has 102 valence electrons. The summed E-state index contributed by atoms with van der Waals surface area (Å²) in [4.78, 5) is 0. The molecule has 0 aliphatic rings. The molecule has 0 amide bonds. The molecule has 0 aliphatic carbocycles. The lowest BCUT2D eigenvalue weighted by atomic mass is 10.0. The molecule has 0 bridgehead atoms. The molecule has 2 unspecified atom stereocenters. The SMILES string of the molecule is CC(O)C(C)C#Cc1ccc(-c2ccc(Br)cc2)cc1. The highest BCUT2D eigenvalue weighted by Crippen LogP contribution is 2.21. The van der Waals surface area contributed by atoms with Crippen molar-refractivity contribution < 1.29 is 5.11 Å². The number of benzene rings is 2. The summed E-state index contributed by atoms with van der Waals surface area (Å²) in [6.45, 7) is 3.68. The third kappa shape index (κ3) is 3.96. The van der Waals surface area contributed by atoms with Crippen molar-refractivity contribution in [3.8, 4) is 23.0 Å². The van der Waals surface area contributed by atoms with Gasteiger partial charge in [-0.05, 0) is 49.2 Å². The minimum atomic E-state index is -0.399. The van der Waals surface area contributed by atoms with Crippen LogP contribution in [0.2, 0.25) is 0 Å². The Kier molecular flexibility index (Phi) is 5.00. The maximum Gasteiger partial charge on any atom is 0.0646 e. The van der Waals surface area contributed by atoms with Crippen LogP contribution in [0.25, 0.3) is 11.1 Å². The number of aliphatic hydroxyl groups is 1. The van der Waals surface area contributed by atoms with E-state index in [0.717, 1.165) is 10.0 Å². The topological polar surface area (TPSA) is 20.2 Å². The van der Waals surface area contributed by atoms with Crippen LogP contribution in [-0.2, 0) is 0 Å². The number of halogens is 1. The number of hydrogen-bond donors (Lipinski definition) is 1. The van der Waals surface area contributed by atoms with Crippen LogP contribution < -0.4 is 0 Å². The van der Waals surface area contributed by atoms with E-state index < -0.39 is 6.10 Å². The van der Waals surface area contributed by atoms with Crippen LogP contribution in [0.4, 0.5) is 0 Å². The molecule has 2 atom stereocenters. The van der Waals surface area contributed by atoms with Crippen molar-refractivity contribution in [2.45, 2.75) is 20.0 Å². The molecule has 2 heteroatoms. The summed E-state index contributed by atoms with van der Waals surface area (Å²) in [5.41, 5.74) is 3.33. The highest BCUT2D eigenvalue weighted by molar-refractivity contribution is 9.10. The molecule has 0 heterocycles. The van der Waals surface area contributed by atoms with E-state index in [1.54, 1.807) is 6.92 Å². The van der Waals surface area contributed by atoms with Gasteiger partial charge in [-0.25, -0.2) is 0 Å². The van der Waals surface area contributed by atoms with Crippen LogP contribution in [0.3, 0.4) is 0 Å². The van der Waals surface area contributed by atoms with E-state index in [0.29, 0.717) is 0 Å². The second kappa shape index (κ2) is 6.74. The minimum Gasteiger partial charge on any atom is -0.392 e. The van der Waals surface area contributed by atoms with Gasteiger partial charge < -0.3 is 5.11 Å². The minimum absolute atomic E-state index is 0.0128. The van der Waals surface area contributed by atoms with Crippen LogP contribution in [0, 0.1) is 17.8 Å². The van der Waals surface area contributed by atoms with Crippen molar-refractivity contribution in [1.82, 2.24) is 0 Å². The van der Waals surface area contributed by atoms with Crippen molar-refractivity contribution in [3.63, 3.8) is 0 Å². The third-order valence-corrected chi connectivity index (χ3v) is 3.76. The predicted molar refractivity (Wildman–Crippen MR) is 87.3 cm³/mol. The molecule has 1 N–H and O–H groups in total. The van der Waals surface area contributed by atoms with Crippen molar-refractivity contribution in [2.75, 3.05) is 0 Å². The summed E-state index contributed by atoms with van der Waals surface area (Å²) in [6.07, 6.45) is -0.399. The first kappa shape index (κ1) is 14.8. The molecule has 2 aromatic carbocycles. The van der Waals surface area contributed by atoms with E-state index in [-0.39, 0.29) is 5.92 Å². The Labute approximate surface area is 128 Å². The van der Waals surface area contributed by atoms with E-state index in [1.165, 1.54) is 11.1 Å². The second-order valence-electron chi connectivity index (χ2n) is 4.88. The molecule has 0 spiro atoms. The summed E-state index contributed by atoms with van der Waals surface area (Å²) in [6, 6.07) is 16.4. The molecule has 0 fully saturated rings. The average molecular weight is 329 g/mol. The summed E-state index contributed by atoms with van der Waals surface area (Å²) in [5, 5.41) is 9.41. The average Bonchev–Trinajstić information content (AvgIpc) is 2.46. The quantitative estimate of drug-likeness (QED) is 0.805. The molecule has 2 aromatic rings. The summed E-state index contributed by atoms with van der Waals surface area (Å²) in [5.74, 6) is 6.14. The van der Waals surface area contributed by atoms with Crippen LogP contribution >= 0.6 is 15.9 Å². The summed E-state index contributed by atoms with van der Waals surface area (Å²) < 4.78 is 1.08. The van der Waals surface area contributed by atoms with Gasteiger partial charge in [0.05, 0.1) is 6.10 Å². The normalized spacial score (nSPS) is 13.2. The van der Waals surface area contributed by atoms with E-state index in [2.05, 4.69) is 52.0 Å².